The third-order valence-corrected chi connectivity index (χ3v) is 3.25. The van der Waals surface area contributed by atoms with Gasteiger partial charge in [0.05, 0.1) is 12.8 Å². The highest BCUT2D eigenvalue weighted by molar-refractivity contribution is 9.10. The first-order valence-electron chi connectivity index (χ1n) is 5.82. The van der Waals surface area contributed by atoms with E-state index in [4.69, 9.17) is 4.74 Å². The van der Waals surface area contributed by atoms with Crippen LogP contribution in [0.4, 0.5) is 5.69 Å². The summed E-state index contributed by atoms with van der Waals surface area (Å²) in [6.07, 6.45) is 1.36. The molecule has 0 heterocycles. The Hall–Kier alpha value is -1.23. The summed E-state index contributed by atoms with van der Waals surface area (Å²) >= 11 is 3.47. The van der Waals surface area contributed by atoms with Crippen LogP contribution in [0.3, 0.4) is 0 Å². The van der Waals surface area contributed by atoms with E-state index < -0.39 is 0 Å². The number of anilines is 1. The van der Waals surface area contributed by atoms with Crippen molar-refractivity contribution < 1.29 is 9.53 Å². The molecule has 0 atom stereocenters. The number of rotatable bonds is 6. The predicted molar refractivity (Wildman–Crippen MR) is 77.1 cm³/mol. The molecule has 0 unspecified atom stereocenters. The van der Waals surface area contributed by atoms with Gasteiger partial charge in [0.15, 0.2) is 0 Å². The minimum atomic E-state index is 0.154. The Morgan fingerprint density at radius 3 is 2.78 bits per heavy atom. The van der Waals surface area contributed by atoms with Gasteiger partial charge in [0.25, 0.3) is 0 Å². The number of hydrogen-bond donors (Lipinski definition) is 1. The fourth-order valence-electron chi connectivity index (χ4n) is 1.45. The van der Waals surface area contributed by atoms with E-state index >= 15 is 0 Å². The second-order valence-electron chi connectivity index (χ2n) is 4.16. The summed E-state index contributed by atoms with van der Waals surface area (Å²) in [5.41, 5.74) is 0.978. The fourth-order valence-corrected chi connectivity index (χ4v) is 1.84. The SMILES string of the molecule is COc1ccc(Br)c(NCCCC(=O)N(C)C)c1. The van der Waals surface area contributed by atoms with Crippen LogP contribution in [-0.2, 0) is 4.79 Å². The van der Waals surface area contributed by atoms with Gasteiger partial charge in [-0.3, -0.25) is 4.79 Å². The monoisotopic (exact) mass is 314 g/mol. The molecule has 1 rings (SSSR count). The molecule has 1 N–H and O–H groups in total. The molecule has 0 fully saturated rings. The van der Waals surface area contributed by atoms with Crippen molar-refractivity contribution in [1.82, 2.24) is 4.90 Å². The molecular formula is C13H19BrN2O2. The average molecular weight is 315 g/mol. The van der Waals surface area contributed by atoms with Gasteiger partial charge in [0, 0.05) is 37.6 Å². The van der Waals surface area contributed by atoms with Gasteiger partial charge >= 0.3 is 0 Å². The highest BCUT2D eigenvalue weighted by atomic mass is 79.9. The number of nitrogens with one attached hydrogen (secondary N) is 1. The van der Waals surface area contributed by atoms with Crippen LogP contribution < -0.4 is 10.1 Å². The van der Waals surface area contributed by atoms with Crippen LogP contribution in [-0.4, -0.2) is 38.6 Å². The Bertz CT molecular complexity index is 408. The maximum Gasteiger partial charge on any atom is 0.222 e. The molecule has 4 nitrogen and oxygen atoms in total. The maximum atomic E-state index is 11.4. The third kappa shape index (κ3) is 4.56. The van der Waals surface area contributed by atoms with Gasteiger partial charge in [-0.25, -0.2) is 0 Å². The summed E-state index contributed by atoms with van der Waals surface area (Å²) in [4.78, 5) is 13.0. The summed E-state index contributed by atoms with van der Waals surface area (Å²) in [6.45, 7) is 0.755. The normalized spacial score (nSPS) is 10.0. The molecule has 0 aromatic heterocycles. The smallest absolute Gasteiger partial charge is 0.222 e. The van der Waals surface area contributed by atoms with Gasteiger partial charge < -0.3 is 15.0 Å². The minimum absolute atomic E-state index is 0.154. The second kappa shape index (κ2) is 7.26. The zero-order valence-electron chi connectivity index (χ0n) is 11.0. The van der Waals surface area contributed by atoms with Crippen molar-refractivity contribution >= 4 is 27.5 Å². The Labute approximate surface area is 116 Å². The zero-order chi connectivity index (χ0) is 13.5. The van der Waals surface area contributed by atoms with Crippen molar-refractivity contribution in [3.8, 4) is 5.75 Å². The lowest BCUT2D eigenvalue weighted by molar-refractivity contribution is -0.128. The van der Waals surface area contributed by atoms with Gasteiger partial charge in [-0.1, -0.05) is 0 Å². The van der Waals surface area contributed by atoms with E-state index in [1.165, 1.54) is 0 Å². The van der Waals surface area contributed by atoms with Crippen molar-refractivity contribution in [2.75, 3.05) is 33.1 Å². The summed E-state index contributed by atoms with van der Waals surface area (Å²) in [7, 11) is 5.19. The summed E-state index contributed by atoms with van der Waals surface area (Å²) in [5.74, 6) is 0.964. The molecule has 0 bridgehead atoms. The first kappa shape index (κ1) is 14.8. The lowest BCUT2D eigenvalue weighted by Crippen LogP contribution is -2.22. The van der Waals surface area contributed by atoms with E-state index in [0.29, 0.717) is 6.42 Å². The first-order valence-corrected chi connectivity index (χ1v) is 6.61. The molecular weight excluding hydrogens is 296 g/mol. The molecule has 0 spiro atoms. The van der Waals surface area contributed by atoms with Crippen LogP contribution in [0.5, 0.6) is 5.75 Å². The molecule has 100 valence electrons. The van der Waals surface area contributed by atoms with Crippen LogP contribution in [0.15, 0.2) is 22.7 Å². The number of hydrogen-bond acceptors (Lipinski definition) is 3. The van der Waals surface area contributed by atoms with E-state index in [1.54, 1.807) is 26.1 Å². The Balaban J connectivity index is 2.41. The van der Waals surface area contributed by atoms with E-state index in [-0.39, 0.29) is 5.91 Å². The van der Waals surface area contributed by atoms with Crippen LogP contribution >= 0.6 is 15.9 Å². The highest BCUT2D eigenvalue weighted by Gasteiger charge is 2.04. The number of methoxy groups -OCH3 is 1. The van der Waals surface area contributed by atoms with E-state index in [0.717, 1.165) is 28.9 Å². The number of benzene rings is 1. The number of nitrogens with zero attached hydrogens (tertiary/aromatic N) is 1. The van der Waals surface area contributed by atoms with Crippen LogP contribution in [0.25, 0.3) is 0 Å². The van der Waals surface area contributed by atoms with Crippen molar-refractivity contribution in [1.29, 1.82) is 0 Å². The van der Waals surface area contributed by atoms with Gasteiger partial charge in [-0.15, -0.1) is 0 Å². The van der Waals surface area contributed by atoms with Gasteiger partial charge in [0.2, 0.25) is 5.91 Å². The highest BCUT2D eigenvalue weighted by Crippen LogP contribution is 2.26. The van der Waals surface area contributed by atoms with Crippen LogP contribution in [0.1, 0.15) is 12.8 Å². The first-order chi connectivity index (χ1) is 8.54. The van der Waals surface area contributed by atoms with Crippen LogP contribution in [0.2, 0.25) is 0 Å². The Morgan fingerprint density at radius 1 is 1.44 bits per heavy atom. The third-order valence-electron chi connectivity index (χ3n) is 2.56. The number of halogens is 1. The minimum Gasteiger partial charge on any atom is -0.497 e. The molecule has 18 heavy (non-hydrogen) atoms. The molecule has 0 saturated carbocycles. The second-order valence-corrected chi connectivity index (χ2v) is 5.02. The van der Waals surface area contributed by atoms with E-state index in [1.807, 2.05) is 18.2 Å². The topological polar surface area (TPSA) is 41.6 Å². The van der Waals surface area contributed by atoms with E-state index in [2.05, 4.69) is 21.2 Å². The molecule has 0 radical (unpaired) electrons. The largest absolute Gasteiger partial charge is 0.497 e. The summed E-state index contributed by atoms with van der Waals surface area (Å²) in [5, 5.41) is 3.28. The van der Waals surface area contributed by atoms with Gasteiger partial charge in [0.1, 0.15) is 5.75 Å². The van der Waals surface area contributed by atoms with Gasteiger partial charge in [-0.2, -0.15) is 0 Å². The lowest BCUT2D eigenvalue weighted by Gasteiger charge is -2.12. The number of ether oxygens (including phenoxy) is 1. The molecule has 0 aliphatic rings. The number of carbonyl (C=O) groups is 1. The predicted octanol–water partition coefficient (Wildman–Crippen LogP) is 2.74. The molecule has 1 amide bonds. The molecule has 0 saturated heterocycles. The average Bonchev–Trinajstić information content (AvgIpc) is 2.36. The molecule has 1 aromatic rings. The Morgan fingerprint density at radius 2 is 2.17 bits per heavy atom. The number of carbonyl (C=O) groups excluding carboxylic acids is 1. The fraction of sp³-hybridized carbons (Fsp3) is 0.462. The summed E-state index contributed by atoms with van der Waals surface area (Å²) < 4.78 is 6.15. The van der Waals surface area contributed by atoms with Crippen molar-refractivity contribution in [3.63, 3.8) is 0 Å². The quantitative estimate of drug-likeness (QED) is 0.821. The van der Waals surface area contributed by atoms with Crippen molar-refractivity contribution in [2.24, 2.45) is 0 Å². The van der Waals surface area contributed by atoms with Gasteiger partial charge in [-0.05, 0) is 34.5 Å². The molecule has 5 heteroatoms. The molecule has 1 aromatic carbocycles. The zero-order valence-corrected chi connectivity index (χ0v) is 12.6. The maximum absolute atomic E-state index is 11.4. The Kier molecular flexibility index (Phi) is 5.98. The molecule has 0 aliphatic carbocycles. The standard InChI is InChI=1S/C13H19BrN2O2/c1-16(2)13(17)5-4-8-15-12-9-10(18-3)6-7-11(12)14/h6-7,9,15H,4-5,8H2,1-3H3. The van der Waals surface area contributed by atoms with Crippen LogP contribution in [0, 0.1) is 0 Å². The molecule has 0 aliphatic heterocycles. The summed E-state index contributed by atoms with van der Waals surface area (Å²) in [6, 6.07) is 5.76. The lowest BCUT2D eigenvalue weighted by atomic mass is 10.2. The van der Waals surface area contributed by atoms with E-state index in [9.17, 15) is 4.79 Å². The number of amides is 1. The van der Waals surface area contributed by atoms with Crippen molar-refractivity contribution in [3.05, 3.63) is 22.7 Å². The van der Waals surface area contributed by atoms with Crippen molar-refractivity contribution in [2.45, 2.75) is 12.8 Å².